The minimum absolute atomic E-state index is 0.0381. The number of thioether (sulfide) groups is 1. The lowest BCUT2D eigenvalue weighted by Gasteiger charge is -2.37. The van der Waals surface area contributed by atoms with E-state index in [2.05, 4.69) is 0 Å². The highest BCUT2D eigenvalue weighted by molar-refractivity contribution is 8.04. The van der Waals surface area contributed by atoms with Crippen molar-refractivity contribution in [3.05, 3.63) is 63.5 Å². The largest absolute Gasteiger partial charge is 0.347 e. The van der Waals surface area contributed by atoms with Crippen LogP contribution in [0.3, 0.4) is 0 Å². The molecule has 2 saturated heterocycles. The van der Waals surface area contributed by atoms with Gasteiger partial charge in [-0.2, -0.15) is 0 Å². The third kappa shape index (κ3) is 3.94. The van der Waals surface area contributed by atoms with Crippen LogP contribution in [-0.2, 0) is 14.3 Å². The standard InChI is InChI=1S/C24H23ClN2O4S/c1-26-19-14-17(22(28)27-10-8-24(9-11-27)30-12-13-31-24)6-7-20(19)32-21(23(26)29)15-16-4-2-3-5-18(16)25/h2-7,14-15H,8-13H2,1H3/b21-15-. The van der Waals surface area contributed by atoms with Gasteiger partial charge in [0.1, 0.15) is 0 Å². The molecule has 0 aromatic heterocycles. The molecule has 166 valence electrons. The molecule has 2 aromatic carbocycles. The Balaban J connectivity index is 1.35. The molecule has 2 fully saturated rings. The van der Waals surface area contributed by atoms with Gasteiger partial charge in [-0.25, -0.2) is 0 Å². The second-order valence-corrected chi connectivity index (χ2v) is 9.57. The summed E-state index contributed by atoms with van der Waals surface area (Å²) in [5, 5.41) is 0.597. The topological polar surface area (TPSA) is 59.1 Å². The Hall–Kier alpha value is -2.32. The van der Waals surface area contributed by atoms with E-state index in [9.17, 15) is 9.59 Å². The second-order valence-electron chi connectivity index (χ2n) is 8.08. The van der Waals surface area contributed by atoms with Gasteiger partial charge in [-0.05, 0) is 35.9 Å². The number of nitrogens with zero attached hydrogens (tertiary/aromatic N) is 2. The number of likely N-dealkylation sites (N-methyl/N-ethyl adjacent to an activating group) is 1. The van der Waals surface area contributed by atoms with Crippen LogP contribution in [0, 0.1) is 0 Å². The molecule has 3 aliphatic rings. The van der Waals surface area contributed by atoms with Crippen LogP contribution < -0.4 is 4.90 Å². The van der Waals surface area contributed by atoms with Gasteiger partial charge >= 0.3 is 0 Å². The smallest absolute Gasteiger partial charge is 0.264 e. The van der Waals surface area contributed by atoms with Crippen LogP contribution in [0.4, 0.5) is 5.69 Å². The molecule has 8 heteroatoms. The molecule has 2 amide bonds. The van der Waals surface area contributed by atoms with Crippen molar-refractivity contribution in [2.24, 2.45) is 0 Å². The Bertz CT molecular complexity index is 1100. The summed E-state index contributed by atoms with van der Waals surface area (Å²) in [5.41, 5.74) is 2.11. The zero-order valence-electron chi connectivity index (χ0n) is 17.7. The Morgan fingerprint density at radius 1 is 1.12 bits per heavy atom. The number of amides is 2. The van der Waals surface area contributed by atoms with E-state index in [0.717, 1.165) is 16.1 Å². The first-order valence-electron chi connectivity index (χ1n) is 10.6. The number of rotatable bonds is 2. The summed E-state index contributed by atoms with van der Waals surface area (Å²) < 4.78 is 11.5. The van der Waals surface area contributed by atoms with E-state index in [0.29, 0.717) is 54.6 Å². The number of anilines is 1. The number of carbonyl (C=O) groups is 2. The average molecular weight is 471 g/mol. The van der Waals surface area contributed by atoms with Gasteiger partial charge in [0, 0.05) is 48.5 Å². The third-order valence-corrected chi connectivity index (χ3v) is 7.54. The van der Waals surface area contributed by atoms with E-state index in [1.54, 1.807) is 18.0 Å². The molecule has 0 N–H and O–H groups in total. The fraction of sp³-hybridized carbons (Fsp3) is 0.333. The van der Waals surface area contributed by atoms with Gasteiger partial charge in [0.15, 0.2) is 5.79 Å². The van der Waals surface area contributed by atoms with E-state index in [1.165, 1.54) is 11.8 Å². The summed E-state index contributed by atoms with van der Waals surface area (Å²) in [6.07, 6.45) is 3.16. The number of hydrogen-bond donors (Lipinski definition) is 0. The minimum Gasteiger partial charge on any atom is -0.347 e. The molecular weight excluding hydrogens is 448 g/mol. The van der Waals surface area contributed by atoms with E-state index < -0.39 is 5.79 Å². The molecule has 0 atom stereocenters. The van der Waals surface area contributed by atoms with Crippen LogP contribution in [0.5, 0.6) is 0 Å². The van der Waals surface area contributed by atoms with Gasteiger partial charge in [-0.15, -0.1) is 0 Å². The van der Waals surface area contributed by atoms with E-state index in [4.69, 9.17) is 21.1 Å². The van der Waals surface area contributed by atoms with Crippen LogP contribution in [0.15, 0.2) is 52.3 Å². The summed E-state index contributed by atoms with van der Waals surface area (Å²) >= 11 is 7.65. The second kappa shape index (κ2) is 8.56. The fourth-order valence-electron chi connectivity index (χ4n) is 4.28. The van der Waals surface area contributed by atoms with Crippen molar-refractivity contribution in [3.8, 4) is 0 Å². The van der Waals surface area contributed by atoms with Crippen molar-refractivity contribution in [2.75, 3.05) is 38.3 Å². The first-order chi connectivity index (χ1) is 15.5. The zero-order chi connectivity index (χ0) is 22.3. The minimum atomic E-state index is -0.514. The normalized spacial score (nSPS) is 21.3. The first kappa shape index (κ1) is 21.5. The molecule has 3 aliphatic heterocycles. The van der Waals surface area contributed by atoms with Crippen molar-refractivity contribution in [2.45, 2.75) is 23.5 Å². The van der Waals surface area contributed by atoms with Gasteiger partial charge in [-0.3, -0.25) is 9.59 Å². The molecule has 2 aromatic rings. The summed E-state index contributed by atoms with van der Waals surface area (Å²) in [6, 6.07) is 13.0. The lowest BCUT2D eigenvalue weighted by Crippen LogP contribution is -2.47. The quantitative estimate of drug-likeness (QED) is 0.608. The summed E-state index contributed by atoms with van der Waals surface area (Å²) in [7, 11) is 1.73. The van der Waals surface area contributed by atoms with Gasteiger partial charge in [0.25, 0.3) is 11.8 Å². The maximum atomic E-state index is 13.1. The number of likely N-dealkylation sites (tertiary alicyclic amines) is 1. The molecule has 5 rings (SSSR count). The van der Waals surface area contributed by atoms with E-state index >= 15 is 0 Å². The third-order valence-electron chi connectivity index (χ3n) is 6.12. The summed E-state index contributed by atoms with van der Waals surface area (Å²) in [5.74, 6) is -0.674. The van der Waals surface area contributed by atoms with Gasteiger partial charge in [-0.1, -0.05) is 41.6 Å². The number of carbonyl (C=O) groups excluding carboxylic acids is 2. The fourth-order valence-corrected chi connectivity index (χ4v) is 5.55. The van der Waals surface area contributed by atoms with Gasteiger partial charge in [0.05, 0.1) is 23.8 Å². The molecule has 0 bridgehead atoms. The number of hydrogen-bond acceptors (Lipinski definition) is 5. The van der Waals surface area contributed by atoms with Crippen molar-refractivity contribution in [1.29, 1.82) is 0 Å². The van der Waals surface area contributed by atoms with Crippen LogP contribution in [0.2, 0.25) is 5.02 Å². The highest BCUT2D eigenvalue weighted by atomic mass is 35.5. The molecule has 0 unspecified atom stereocenters. The van der Waals surface area contributed by atoms with Crippen LogP contribution in [0.1, 0.15) is 28.8 Å². The van der Waals surface area contributed by atoms with Gasteiger partial charge < -0.3 is 19.3 Å². The first-order valence-corrected chi connectivity index (χ1v) is 11.8. The van der Waals surface area contributed by atoms with Crippen molar-refractivity contribution in [3.63, 3.8) is 0 Å². The summed E-state index contributed by atoms with van der Waals surface area (Å²) in [6.45, 7) is 2.40. The monoisotopic (exact) mass is 470 g/mol. The zero-order valence-corrected chi connectivity index (χ0v) is 19.2. The SMILES string of the molecule is CN1C(=O)/C(=C/c2ccccc2Cl)Sc2ccc(C(=O)N3CCC4(CC3)OCCO4)cc21. The predicted octanol–water partition coefficient (Wildman–Crippen LogP) is 4.43. The number of ether oxygens (including phenoxy) is 2. The van der Waals surface area contributed by atoms with Crippen molar-refractivity contribution in [1.82, 2.24) is 4.90 Å². The van der Waals surface area contributed by atoms with Crippen molar-refractivity contribution < 1.29 is 19.1 Å². The maximum Gasteiger partial charge on any atom is 0.264 e. The van der Waals surface area contributed by atoms with Crippen LogP contribution >= 0.6 is 23.4 Å². The maximum absolute atomic E-state index is 13.1. The van der Waals surface area contributed by atoms with Crippen LogP contribution in [-0.4, -0.2) is 55.9 Å². The molecular formula is C24H23ClN2O4S. The molecule has 3 heterocycles. The number of benzene rings is 2. The number of fused-ring (bicyclic) bond motifs is 1. The Kier molecular flexibility index (Phi) is 5.75. The molecule has 0 aliphatic carbocycles. The highest BCUT2D eigenvalue weighted by Gasteiger charge is 2.41. The lowest BCUT2D eigenvalue weighted by atomic mass is 10.0. The lowest BCUT2D eigenvalue weighted by molar-refractivity contribution is -0.181. The van der Waals surface area contributed by atoms with Crippen molar-refractivity contribution >= 4 is 46.9 Å². The molecule has 1 spiro atoms. The number of piperidine rings is 1. The highest BCUT2D eigenvalue weighted by Crippen LogP contribution is 2.42. The average Bonchev–Trinajstić information content (AvgIpc) is 3.26. The molecule has 32 heavy (non-hydrogen) atoms. The number of halogens is 1. The molecule has 6 nitrogen and oxygen atoms in total. The molecule has 0 saturated carbocycles. The Labute approximate surface area is 196 Å². The summed E-state index contributed by atoms with van der Waals surface area (Å²) in [4.78, 5) is 31.1. The van der Waals surface area contributed by atoms with Crippen LogP contribution in [0.25, 0.3) is 6.08 Å². The molecule has 0 radical (unpaired) electrons. The van der Waals surface area contributed by atoms with E-state index in [1.807, 2.05) is 47.4 Å². The predicted molar refractivity (Wildman–Crippen MR) is 125 cm³/mol. The van der Waals surface area contributed by atoms with E-state index in [-0.39, 0.29) is 11.8 Å². The Morgan fingerprint density at radius 2 is 1.84 bits per heavy atom. The Morgan fingerprint density at radius 3 is 2.56 bits per heavy atom. The van der Waals surface area contributed by atoms with Gasteiger partial charge in [0.2, 0.25) is 0 Å².